The van der Waals surface area contributed by atoms with Crippen LogP contribution in [0.3, 0.4) is 0 Å². The quantitative estimate of drug-likeness (QED) is 0.536. The van der Waals surface area contributed by atoms with Crippen LogP contribution in [0.2, 0.25) is 0 Å². The normalized spacial score (nSPS) is 7.25. The van der Waals surface area contributed by atoms with Crippen molar-refractivity contribution in [3.05, 3.63) is 6.20 Å². The fraction of sp³-hybridized carbons (Fsp3) is 0.667. The molecule has 2 nitrogen and oxygen atoms in total. The number of rotatable bonds is 3. The molecule has 0 amide bonds. The fourth-order valence-corrected chi connectivity index (χ4v) is 0.285. The Morgan fingerprint density at radius 1 is 1.62 bits per heavy atom. The van der Waals surface area contributed by atoms with Crippen molar-refractivity contribution in [3.63, 3.8) is 0 Å². The molecule has 0 aromatic rings. The highest BCUT2D eigenvalue weighted by molar-refractivity contribution is 5.50. The van der Waals surface area contributed by atoms with Crippen molar-refractivity contribution < 1.29 is 0 Å². The second-order valence-corrected chi connectivity index (χ2v) is 1.31. The van der Waals surface area contributed by atoms with E-state index in [-0.39, 0.29) is 0 Å². The average Bonchev–Trinajstić information content (AvgIpc) is 1.81. The van der Waals surface area contributed by atoms with Gasteiger partial charge >= 0.3 is 0 Å². The molecule has 0 saturated carbocycles. The van der Waals surface area contributed by atoms with Crippen molar-refractivity contribution in [2.75, 3.05) is 13.1 Å². The Balaban J connectivity index is 3.18. The van der Waals surface area contributed by atoms with E-state index in [1.54, 1.807) is 6.20 Å². The summed E-state index contributed by atoms with van der Waals surface area (Å²) in [5.41, 5.74) is 0. The highest BCUT2D eigenvalue weighted by Gasteiger charge is 1.61. The lowest BCUT2D eigenvalue weighted by atomic mass is 10.7. The molecule has 0 unspecified atom stereocenters. The van der Waals surface area contributed by atoms with E-state index in [2.05, 4.69) is 16.2 Å². The Hall–Kier alpha value is -0.750. The molecule has 0 bridgehead atoms. The second-order valence-electron chi connectivity index (χ2n) is 1.31. The summed E-state index contributed by atoms with van der Waals surface area (Å²) >= 11 is 0. The van der Waals surface area contributed by atoms with Crippen LogP contribution in [0, 0.1) is 0 Å². The summed E-state index contributed by atoms with van der Waals surface area (Å²) in [6, 6.07) is 0. The molecule has 0 atom stereocenters. The van der Waals surface area contributed by atoms with Gasteiger partial charge < -0.3 is 5.32 Å². The average molecular weight is 112 g/mol. The third-order valence-electron chi connectivity index (χ3n) is 0.620. The van der Waals surface area contributed by atoms with Gasteiger partial charge in [0.05, 0.1) is 6.20 Å². The number of hydrogen-bond donors (Lipinski definition) is 1. The van der Waals surface area contributed by atoms with Gasteiger partial charge in [0.25, 0.3) is 0 Å². The number of aliphatic imine (C=N–C) groups is 1. The molecule has 0 aliphatic rings. The van der Waals surface area contributed by atoms with Gasteiger partial charge in [-0.3, -0.25) is 0 Å². The van der Waals surface area contributed by atoms with E-state index in [1.807, 2.05) is 13.8 Å². The van der Waals surface area contributed by atoms with Crippen molar-refractivity contribution in [3.8, 4) is 0 Å². The molecule has 8 heavy (non-hydrogen) atoms. The van der Waals surface area contributed by atoms with Gasteiger partial charge in [0.15, 0.2) is 0 Å². The lowest BCUT2D eigenvalue weighted by Crippen LogP contribution is -2.01. The summed E-state index contributed by atoms with van der Waals surface area (Å²) in [6.45, 7) is 5.76. The minimum Gasteiger partial charge on any atom is -0.384 e. The lowest BCUT2D eigenvalue weighted by Gasteiger charge is -1.83. The van der Waals surface area contributed by atoms with Gasteiger partial charge in [-0.15, -0.1) is 0 Å². The van der Waals surface area contributed by atoms with Crippen molar-refractivity contribution in [1.29, 1.82) is 0 Å². The van der Waals surface area contributed by atoms with Crippen LogP contribution < -0.4 is 5.32 Å². The van der Waals surface area contributed by atoms with E-state index in [0.717, 1.165) is 13.1 Å². The van der Waals surface area contributed by atoms with Gasteiger partial charge in [-0.1, -0.05) is 0 Å². The van der Waals surface area contributed by atoms with Crippen LogP contribution in [-0.2, 0) is 0 Å². The smallest absolute Gasteiger partial charge is 0.0591 e. The third kappa shape index (κ3) is 5.25. The van der Waals surface area contributed by atoms with E-state index in [1.165, 1.54) is 0 Å². The summed E-state index contributed by atoms with van der Waals surface area (Å²) in [4.78, 5) is 3.84. The fourth-order valence-electron chi connectivity index (χ4n) is 0.285. The van der Waals surface area contributed by atoms with Crippen molar-refractivity contribution in [2.24, 2.45) is 4.99 Å². The molecule has 0 rings (SSSR count). The Labute approximate surface area is 50.3 Å². The zero-order valence-corrected chi connectivity index (χ0v) is 5.44. The maximum Gasteiger partial charge on any atom is 0.0591 e. The van der Waals surface area contributed by atoms with Crippen LogP contribution in [0.4, 0.5) is 0 Å². The zero-order chi connectivity index (χ0) is 6.24. The topological polar surface area (TPSA) is 24.4 Å². The van der Waals surface area contributed by atoms with Crippen molar-refractivity contribution in [1.82, 2.24) is 5.32 Å². The van der Waals surface area contributed by atoms with Gasteiger partial charge in [-0.2, -0.15) is 0 Å². The van der Waals surface area contributed by atoms with E-state index in [4.69, 9.17) is 0 Å². The maximum absolute atomic E-state index is 3.84. The van der Waals surface area contributed by atoms with E-state index in [0.29, 0.717) is 0 Å². The van der Waals surface area contributed by atoms with Crippen LogP contribution in [0.25, 0.3) is 0 Å². The molecular weight excluding hydrogens is 100 g/mol. The summed E-state index contributed by atoms with van der Waals surface area (Å²) in [5, 5.41) is 2.95. The largest absolute Gasteiger partial charge is 0.384 e. The molecule has 1 N–H and O–H groups in total. The van der Waals surface area contributed by atoms with Gasteiger partial charge in [0, 0.05) is 13.1 Å². The Bertz CT molecular complexity index is 90.7. The Morgan fingerprint density at radius 2 is 2.38 bits per heavy atom. The minimum absolute atomic E-state index is 0.807. The van der Waals surface area contributed by atoms with Crippen LogP contribution in [0.5, 0.6) is 0 Å². The van der Waals surface area contributed by atoms with E-state index >= 15 is 0 Å². The van der Waals surface area contributed by atoms with Gasteiger partial charge in [-0.05, 0) is 19.7 Å². The first-order valence-corrected chi connectivity index (χ1v) is 2.88. The Morgan fingerprint density at radius 3 is 2.88 bits per heavy atom. The second kappa shape index (κ2) is 6.25. The molecule has 0 fully saturated rings. The van der Waals surface area contributed by atoms with E-state index < -0.39 is 0 Å². The van der Waals surface area contributed by atoms with Gasteiger partial charge in [0.1, 0.15) is 0 Å². The molecule has 0 aliphatic carbocycles. The van der Waals surface area contributed by atoms with Crippen LogP contribution in [-0.4, -0.2) is 19.0 Å². The molecule has 46 valence electrons. The first kappa shape index (κ1) is 7.25. The number of hydrogen-bond acceptors (Lipinski definition) is 2. The lowest BCUT2D eigenvalue weighted by molar-refractivity contribution is 0.926. The van der Waals surface area contributed by atoms with Gasteiger partial charge in [-0.25, -0.2) is 4.99 Å². The highest BCUT2D eigenvalue weighted by atomic mass is 14.8. The third-order valence-corrected chi connectivity index (χ3v) is 0.620. The summed E-state index contributed by atoms with van der Waals surface area (Å²) in [5.74, 6) is 2.72. The summed E-state index contributed by atoms with van der Waals surface area (Å²) < 4.78 is 0. The molecule has 0 spiro atoms. The van der Waals surface area contributed by atoms with E-state index in [9.17, 15) is 0 Å². The van der Waals surface area contributed by atoms with Crippen LogP contribution in [0.15, 0.2) is 11.2 Å². The number of nitrogens with one attached hydrogen (secondary N) is 1. The highest BCUT2D eigenvalue weighted by Crippen LogP contribution is 1.57. The molecule has 2 heteroatoms. The maximum atomic E-state index is 3.84. The molecule has 0 saturated heterocycles. The number of nitrogens with zero attached hydrogens (tertiary/aromatic N) is 1. The van der Waals surface area contributed by atoms with Crippen molar-refractivity contribution in [2.45, 2.75) is 13.8 Å². The molecule has 0 radical (unpaired) electrons. The molecule has 0 aliphatic heterocycles. The standard InChI is InChI=1S/C6H12N2/c1-3-7-5-6-8-4-2/h5,7H,3-4H2,1-2H3. The minimum atomic E-state index is 0.807. The SMILES string of the molecule is CCN=C=CNCC. The molecule has 0 aromatic carbocycles. The van der Waals surface area contributed by atoms with Gasteiger partial charge in [0.2, 0.25) is 0 Å². The molecule has 0 heterocycles. The zero-order valence-electron chi connectivity index (χ0n) is 5.44. The predicted octanol–water partition coefficient (Wildman–Crippen LogP) is 0.799. The molecule has 0 aromatic heterocycles. The first-order chi connectivity index (χ1) is 3.91. The summed E-state index contributed by atoms with van der Waals surface area (Å²) in [6.07, 6.45) is 1.73. The monoisotopic (exact) mass is 112 g/mol. The van der Waals surface area contributed by atoms with Crippen molar-refractivity contribution >= 4 is 5.87 Å². The molecular formula is C6H12N2. The van der Waals surface area contributed by atoms with Crippen LogP contribution in [0.1, 0.15) is 13.8 Å². The van der Waals surface area contributed by atoms with Crippen LogP contribution >= 0.6 is 0 Å². The predicted molar refractivity (Wildman–Crippen MR) is 36.2 cm³/mol. The summed E-state index contributed by atoms with van der Waals surface area (Å²) in [7, 11) is 0. The Kier molecular flexibility index (Phi) is 5.66. The first-order valence-electron chi connectivity index (χ1n) is 2.88.